The van der Waals surface area contributed by atoms with Crippen molar-refractivity contribution in [3.8, 4) is 0 Å². The number of nitro benzene ring substituents is 1. The van der Waals surface area contributed by atoms with Crippen LogP contribution in [0.15, 0.2) is 66.0 Å². The van der Waals surface area contributed by atoms with Crippen molar-refractivity contribution < 1.29 is 14.1 Å². The summed E-state index contributed by atoms with van der Waals surface area (Å²) < 4.78 is 13.2. The number of carbonyl (C=O) groups excluding carboxylic acids is 1. The summed E-state index contributed by atoms with van der Waals surface area (Å²) in [6, 6.07) is 14.6. The van der Waals surface area contributed by atoms with Crippen LogP contribution in [0.2, 0.25) is 0 Å². The van der Waals surface area contributed by atoms with E-state index in [0.29, 0.717) is 5.56 Å². The maximum Gasteiger partial charge on any atom is 0.269 e. The molecule has 3 rings (SSSR count). The first-order valence-electron chi connectivity index (χ1n) is 7.39. The van der Waals surface area contributed by atoms with E-state index in [1.807, 2.05) is 17.5 Å². The molecule has 126 valence electrons. The van der Waals surface area contributed by atoms with E-state index in [9.17, 15) is 19.3 Å². The molecule has 0 saturated heterocycles. The van der Waals surface area contributed by atoms with Crippen LogP contribution in [-0.4, -0.2) is 10.8 Å². The highest BCUT2D eigenvalue weighted by Gasteiger charge is 2.19. The average molecular weight is 356 g/mol. The molecule has 0 fully saturated rings. The van der Waals surface area contributed by atoms with Gasteiger partial charge in [-0.2, -0.15) is 0 Å². The summed E-state index contributed by atoms with van der Waals surface area (Å²) in [5.74, 6) is -0.715. The second kappa shape index (κ2) is 7.23. The Morgan fingerprint density at radius 1 is 1.08 bits per heavy atom. The molecular formula is C18H13FN2O3S. The number of rotatable bonds is 5. The summed E-state index contributed by atoms with van der Waals surface area (Å²) in [7, 11) is 0. The Labute approximate surface area is 146 Å². The van der Waals surface area contributed by atoms with Crippen molar-refractivity contribution in [3.05, 3.63) is 98.0 Å². The van der Waals surface area contributed by atoms with E-state index >= 15 is 0 Å². The Kier molecular flexibility index (Phi) is 4.85. The molecule has 0 spiro atoms. The Bertz CT molecular complexity index is 878. The van der Waals surface area contributed by atoms with Gasteiger partial charge in [-0.3, -0.25) is 14.9 Å². The smallest absolute Gasteiger partial charge is 0.269 e. The summed E-state index contributed by atoms with van der Waals surface area (Å²) in [6.45, 7) is 0. The molecule has 7 heteroatoms. The second-order valence-electron chi connectivity index (χ2n) is 5.28. The maximum atomic E-state index is 13.2. The van der Waals surface area contributed by atoms with Gasteiger partial charge in [-0.25, -0.2) is 4.39 Å². The summed E-state index contributed by atoms with van der Waals surface area (Å²) >= 11 is 1.48. The van der Waals surface area contributed by atoms with Gasteiger partial charge in [0.1, 0.15) is 5.82 Å². The zero-order valence-electron chi connectivity index (χ0n) is 12.9. The molecule has 1 unspecified atom stereocenters. The highest BCUT2D eigenvalue weighted by molar-refractivity contribution is 7.10. The predicted octanol–water partition coefficient (Wildman–Crippen LogP) is 4.31. The molecule has 1 heterocycles. The number of hydrogen-bond donors (Lipinski definition) is 1. The van der Waals surface area contributed by atoms with Crippen molar-refractivity contribution in [2.75, 3.05) is 0 Å². The van der Waals surface area contributed by atoms with Crippen LogP contribution in [-0.2, 0) is 0 Å². The van der Waals surface area contributed by atoms with Crippen LogP contribution >= 0.6 is 11.3 Å². The van der Waals surface area contributed by atoms with Gasteiger partial charge in [0.05, 0.1) is 11.0 Å². The lowest BCUT2D eigenvalue weighted by atomic mass is 10.0. The largest absolute Gasteiger partial charge is 0.340 e. The molecule has 2 aromatic carbocycles. The van der Waals surface area contributed by atoms with E-state index < -0.39 is 11.0 Å². The minimum atomic E-state index is -0.519. The maximum absolute atomic E-state index is 13.2. The van der Waals surface area contributed by atoms with Crippen molar-refractivity contribution in [2.45, 2.75) is 6.04 Å². The monoisotopic (exact) mass is 356 g/mol. The van der Waals surface area contributed by atoms with E-state index in [-0.39, 0.29) is 17.4 Å². The minimum absolute atomic E-state index is 0.0788. The van der Waals surface area contributed by atoms with E-state index in [1.54, 1.807) is 12.1 Å². The number of thiophene rings is 1. The predicted molar refractivity (Wildman–Crippen MR) is 93.1 cm³/mol. The fourth-order valence-corrected chi connectivity index (χ4v) is 3.18. The number of carbonyl (C=O) groups is 1. The molecule has 1 amide bonds. The number of nitro groups is 1. The quantitative estimate of drug-likeness (QED) is 0.547. The fraction of sp³-hybridized carbons (Fsp3) is 0.0556. The molecule has 0 aliphatic rings. The van der Waals surface area contributed by atoms with E-state index in [1.165, 1.54) is 47.7 Å². The number of nitrogens with one attached hydrogen (secondary N) is 1. The standard InChI is InChI=1S/C18H13FN2O3S/c19-14-7-3-12(4-8-14)17(16-2-1-11-25-16)20-18(22)13-5-9-15(10-6-13)21(23)24/h1-11,17H,(H,20,22). The third-order valence-corrected chi connectivity index (χ3v) is 4.58. The molecule has 5 nitrogen and oxygen atoms in total. The van der Waals surface area contributed by atoms with Crippen molar-refractivity contribution in [1.29, 1.82) is 0 Å². The molecule has 0 aliphatic heterocycles. The van der Waals surface area contributed by atoms with Crippen molar-refractivity contribution in [2.24, 2.45) is 0 Å². The molecule has 0 aliphatic carbocycles. The number of hydrogen-bond acceptors (Lipinski definition) is 4. The van der Waals surface area contributed by atoms with Crippen LogP contribution in [0.3, 0.4) is 0 Å². The van der Waals surface area contributed by atoms with Gasteiger partial charge in [0, 0.05) is 22.6 Å². The minimum Gasteiger partial charge on any atom is -0.340 e. The Morgan fingerprint density at radius 3 is 2.32 bits per heavy atom. The van der Waals surface area contributed by atoms with Gasteiger partial charge in [-0.1, -0.05) is 18.2 Å². The Hall–Kier alpha value is -3.06. The molecule has 1 aromatic heterocycles. The molecule has 0 radical (unpaired) electrons. The third-order valence-electron chi connectivity index (χ3n) is 3.65. The molecule has 1 N–H and O–H groups in total. The average Bonchev–Trinajstić information content (AvgIpc) is 3.15. The van der Waals surface area contributed by atoms with Crippen LogP contribution in [0.25, 0.3) is 0 Å². The fourth-order valence-electron chi connectivity index (χ4n) is 2.38. The van der Waals surface area contributed by atoms with Crippen LogP contribution in [0.4, 0.5) is 10.1 Å². The number of non-ortho nitro benzene ring substituents is 1. The lowest BCUT2D eigenvalue weighted by Gasteiger charge is -2.18. The van der Waals surface area contributed by atoms with Crippen LogP contribution in [0, 0.1) is 15.9 Å². The van der Waals surface area contributed by atoms with Gasteiger partial charge >= 0.3 is 0 Å². The Morgan fingerprint density at radius 2 is 1.76 bits per heavy atom. The zero-order valence-corrected chi connectivity index (χ0v) is 13.7. The van der Waals surface area contributed by atoms with Gasteiger partial charge in [-0.15, -0.1) is 11.3 Å². The van der Waals surface area contributed by atoms with Crippen molar-refractivity contribution in [1.82, 2.24) is 5.32 Å². The van der Waals surface area contributed by atoms with Gasteiger partial charge < -0.3 is 5.32 Å². The van der Waals surface area contributed by atoms with Crippen LogP contribution < -0.4 is 5.32 Å². The molecular weight excluding hydrogens is 343 g/mol. The first-order valence-corrected chi connectivity index (χ1v) is 8.27. The normalized spacial score (nSPS) is 11.7. The third kappa shape index (κ3) is 3.89. The number of amides is 1. The van der Waals surface area contributed by atoms with Gasteiger partial charge in [-0.05, 0) is 41.3 Å². The van der Waals surface area contributed by atoms with E-state index in [0.717, 1.165) is 10.4 Å². The first kappa shape index (κ1) is 16.8. The molecule has 25 heavy (non-hydrogen) atoms. The van der Waals surface area contributed by atoms with Crippen LogP contribution in [0.1, 0.15) is 26.8 Å². The van der Waals surface area contributed by atoms with Crippen molar-refractivity contribution >= 4 is 22.9 Å². The summed E-state index contributed by atoms with van der Waals surface area (Å²) in [5, 5.41) is 15.5. The SMILES string of the molecule is O=C(NC(c1ccc(F)cc1)c1cccs1)c1ccc([N+](=O)[O-])cc1. The van der Waals surface area contributed by atoms with E-state index in [4.69, 9.17) is 0 Å². The summed E-state index contributed by atoms with van der Waals surface area (Å²) in [5.41, 5.74) is 0.985. The first-order chi connectivity index (χ1) is 12.0. The van der Waals surface area contributed by atoms with E-state index in [2.05, 4.69) is 5.32 Å². The second-order valence-corrected chi connectivity index (χ2v) is 6.26. The number of nitrogens with zero attached hydrogens (tertiary/aromatic N) is 1. The number of benzene rings is 2. The van der Waals surface area contributed by atoms with Crippen LogP contribution in [0.5, 0.6) is 0 Å². The highest BCUT2D eigenvalue weighted by atomic mass is 32.1. The van der Waals surface area contributed by atoms with Gasteiger partial charge in [0.15, 0.2) is 0 Å². The highest BCUT2D eigenvalue weighted by Crippen LogP contribution is 2.27. The lowest BCUT2D eigenvalue weighted by molar-refractivity contribution is -0.384. The van der Waals surface area contributed by atoms with Crippen molar-refractivity contribution in [3.63, 3.8) is 0 Å². The number of halogens is 1. The van der Waals surface area contributed by atoms with Gasteiger partial charge in [0.2, 0.25) is 0 Å². The Balaban J connectivity index is 1.86. The summed E-state index contributed by atoms with van der Waals surface area (Å²) in [6.07, 6.45) is 0. The molecule has 1 atom stereocenters. The lowest BCUT2D eigenvalue weighted by Crippen LogP contribution is -2.28. The zero-order chi connectivity index (χ0) is 17.8. The molecule has 0 bridgehead atoms. The summed E-state index contributed by atoms with van der Waals surface area (Å²) in [4.78, 5) is 23.6. The molecule has 0 saturated carbocycles. The van der Waals surface area contributed by atoms with Gasteiger partial charge in [0.25, 0.3) is 11.6 Å². The molecule has 3 aromatic rings. The topological polar surface area (TPSA) is 72.2 Å².